The topological polar surface area (TPSA) is 67.4 Å². The molecule has 1 aliphatic rings. The van der Waals surface area contributed by atoms with Crippen molar-refractivity contribution < 1.29 is 18.8 Å². The van der Waals surface area contributed by atoms with Gasteiger partial charge in [-0.1, -0.05) is 11.6 Å². The molecule has 0 radical (unpaired) electrons. The minimum Gasteiger partial charge on any atom is -0.320 e. The van der Waals surface area contributed by atoms with Gasteiger partial charge < -0.3 is 5.32 Å². The van der Waals surface area contributed by atoms with E-state index in [1.54, 1.807) is 6.92 Å². The third kappa shape index (κ3) is 4.53. The molecule has 1 aromatic carbocycles. The lowest BCUT2D eigenvalue weighted by Gasteiger charge is -2.19. The summed E-state index contributed by atoms with van der Waals surface area (Å²) in [4.78, 5) is 29.4. The summed E-state index contributed by atoms with van der Waals surface area (Å²) < 4.78 is 13.8. The van der Waals surface area contributed by atoms with Crippen LogP contribution < -0.4 is 10.8 Å². The Labute approximate surface area is 138 Å². The van der Waals surface area contributed by atoms with Crippen molar-refractivity contribution >= 4 is 29.1 Å². The van der Waals surface area contributed by atoms with E-state index < -0.39 is 17.6 Å². The molecule has 0 unspecified atom stereocenters. The van der Waals surface area contributed by atoms with Crippen molar-refractivity contribution in [2.75, 3.05) is 11.9 Å². The molecule has 0 spiro atoms. The zero-order chi connectivity index (χ0) is 16.8. The molecule has 0 fully saturated rings. The van der Waals surface area contributed by atoms with Gasteiger partial charge in [0, 0.05) is 16.2 Å². The third-order valence-corrected chi connectivity index (χ3v) is 3.74. The lowest BCUT2D eigenvalue weighted by atomic mass is 9.90. The Morgan fingerprint density at radius 3 is 2.48 bits per heavy atom. The Hall–Kier alpha value is -1.92. The predicted octanol–water partition coefficient (Wildman–Crippen LogP) is 3.36. The molecule has 1 aromatic rings. The van der Waals surface area contributed by atoms with Crippen LogP contribution in [0.25, 0.3) is 0 Å². The van der Waals surface area contributed by atoms with Crippen molar-refractivity contribution in [3.8, 4) is 0 Å². The van der Waals surface area contributed by atoms with Gasteiger partial charge >= 0.3 is 0 Å². The van der Waals surface area contributed by atoms with Gasteiger partial charge in [-0.2, -0.15) is 0 Å². The maximum atomic E-state index is 13.8. The quantitative estimate of drug-likeness (QED) is 0.808. The van der Waals surface area contributed by atoms with Crippen molar-refractivity contribution in [1.29, 1.82) is 0 Å². The Bertz CT molecular complexity index is 646. The van der Waals surface area contributed by atoms with E-state index >= 15 is 0 Å². The monoisotopic (exact) mass is 340 g/mol. The van der Waals surface area contributed by atoms with Crippen molar-refractivity contribution in [2.45, 2.75) is 32.6 Å². The fraction of sp³-hybridized carbons (Fsp3) is 0.375. The van der Waals surface area contributed by atoms with Gasteiger partial charge in [-0.3, -0.25) is 14.4 Å². The van der Waals surface area contributed by atoms with E-state index in [9.17, 15) is 14.0 Å². The van der Waals surface area contributed by atoms with Gasteiger partial charge in [0.25, 0.3) is 11.8 Å². The van der Waals surface area contributed by atoms with Crippen LogP contribution in [0.15, 0.2) is 29.3 Å². The maximum absolute atomic E-state index is 13.8. The van der Waals surface area contributed by atoms with Crippen LogP contribution >= 0.6 is 11.6 Å². The van der Waals surface area contributed by atoms with Crippen LogP contribution in [0.1, 0.15) is 32.6 Å². The second kappa shape index (κ2) is 8.08. The van der Waals surface area contributed by atoms with Gasteiger partial charge in [-0.15, -0.1) is 0 Å². The largest absolute Gasteiger partial charge is 0.320 e. The zero-order valence-electron chi connectivity index (χ0n) is 12.7. The van der Waals surface area contributed by atoms with Crippen LogP contribution in [0.2, 0.25) is 5.02 Å². The number of amides is 2. The van der Waals surface area contributed by atoms with Crippen LogP contribution in [-0.4, -0.2) is 18.4 Å². The molecule has 0 saturated carbocycles. The number of nitrogens with one attached hydrogen (secondary N) is 2. The van der Waals surface area contributed by atoms with Gasteiger partial charge in [0.1, 0.15) is 5.82 Å². The zero-order valence-corrected chi connectivity index (χ0v) is 13.5. The minimum atomic E-state index is -0.623. The summed E-state index contributed by atoms with van der Waals surface area (Å²) in [5.74, 6) is -1.52. The van der Waals surface area contributed by atoms with Gasteiger partial charge in [0.2, 0.25) is 0 Å². The van der Waals surface area contributed by atoms with E-state index in [2.05, 4.69) is 10.8 Å². The molecule has 0 aromatic heterocycles. The summed E-state index contributed by atoms with van der Waals surface area (Å²) in [7, 11) is 0. The number of halogens is 2. The molecule has 0 heterocycles. The molecule has 2 amide bonds. The van der Waals surface area contributed by atoms with E-state index in [1.165, 1.54) is 12.1 Å². The molecule has 23 heavy (non-hydrogen) atoms. The summed E-state index contributed by atoms with van der Waals surface area (Å²) in [6.45, 7) is 2.07. The third-order valence-electron chi connectivity index (χ3n) is 3.50. The lowest BCUT2D eigenvalue weighted by molar-refractivity contribution is -0.129. The van der Waals surface area contributed by atoms with Crippen LogP contribution in [0.3, 0.4) is 0 Å². The summed E-state index contributed by atoms with van der Waals surface area (Å²) in [6, 6.07) is 3.99. The molecule has 124 valence electrons. The first-order chi connectivity index (χ1) is 11.0. The molecule has 5 nitrogen and oxygen atoms in total. The summed E-state index contributed by atoms with van der Waals surface area (Å²) in [5, 5.41) is 2.74. The van der Waals surface area contributed by atoms with E-state index in [4.69, 9.17) is 16.4 Å². The lowest BCUT2D eigenvalue weighted by Crippen LogP contribution is -2.30. The van der Waals surface area contributed by atoms with Crippen LogP contribution in [0.5, 0.6) is 0 Å². The highest BCUT2D eigenvalue weighted by atomic mass is 35.5. The van der Waals surface area contributed by atoms with Crippen LogP contribution in [0, 0.1) is 5.82 Å². The average molecular weight is 341 g/mol. The molecular formula is C16H18ClFN2O3. The molecule has 2 rings (SSSR count). The Morgan fingerprint density at radius 2 is 1.87 bits per heavy atom. The van der Waals surface area contributed by atoms with Crippen molar-refractivity contribution in [3.05, 3.63) is 40.2 Å². The van der Waals surface area contributed by atoms with Crippen LogP contribution in [0.4, 0.5) is 10.1 Å². The number of hydroxylamine groups is 1. The summed E-state index contributed by atoms with van der Waals surface area (Å²) >= 11 is 5.69. The normalized spacial score (nSPS) is 14.6. The highest BCUT2D eigenvalue weighted by Crippen LogP contribution is 2.27. The number of carbonyl (C=O) groups is 2. The van der Waals surface area contributed by atoms with E-state index in [1.807, 2.05) is 0 Å². The first-order valence-corrected chi connectivity index (χ1v) is 7.81. The van der Waals surface area contributed by atoms with E-state index in [0.29, 0.717) is 30.6 Å². The number of hydrogen-bond donors (Lipinski definition) is 2. The fourth-order valence-electron chi connectivity index (χ4n) is 2.39. The number of benzene rings is 1. The molecule has 0 bridgehead atoms. The first kappa shape index (κ1) is 17.4. The molecule has 1 aliphatic carbocycles. The summed E-state index contributed by atoms with van der Waals surface area (Å²) in [6.07, 6.45) is 2.58. The second-order valence-electron chi connectivity index (χ2n) is 5.11. The minimum absolute atomic E-state index is 0.0297. The highest BCUT2D eigenvalue weighted by Gasteiger charge is 2.24. The predicted molar refractivity (Wildman–Crippen MR) is 85.3 cm³/mol. The van der Waals surface area contributed by atoms with Gasteiger partial charge in [0.05, 0.1) is 12.3 Å². The fourth-order valence-corrected chi connectivity index (χ4v) is 2.55. The number of rotatable bonds is 5. The van der Waals surface area contributed by atoms with E-state index in [-0.39, 0.29) is 10.7 Å². The van der Waals surface area contributed by atoms with Crippen LogP contribution in [-0.2, 0) is 14.4 Å². The van der Waals surface area contributed by atoms with Gasteiger partial charge in [-0.05, 0) is 50.8 Å². The molecule has 7 heteroatoms. The standard InChI is InChI=1S/C16H18ClFN2O3/c1-2-23-20-16(22)12-6-4-3-5-11(12)15(21)19-14-8-7-10(17)9-13(14)18/h7-9H,2-6H2,1H3,(H,19,21)(H,20,22). The molecule has 0 aliphatic heterocycles. The Kier molecular flexibility index (Phi) is 6.12. The Morgan fingerprint density at radius 1 is 1.22 bits per heavy atom. The number of anilines is 1. The Balaban J connectivity index is 2.19. The SMILES string of the molecule is CCONC(=O)C1=C(C(=O)Nc2ccc(Cl)cc2F)CCCC1. The van der Waals surface area contributed by atoms with Crippen molar-refractivity contribution in [3.63, 3.8) is 0 Å². The van der Waals surface area contributed by atoms with Crippen molar-refractivity contribution in [2.24, 2.45) is 0 Å². The average Bonchev–Trinajstić information content (AvgIpc) is 2.55. The smallest absolute Gasteiger partial charge is 0.271 e. The summed E-state index contributed by atoms with van der Waals surface area (Å²) in [5.41, 5.74) is 3.08. The molecule has 0 atom stereocenters. The molecular weight excluding hydrogens is 323 g/mol. The first-order valence-electron chi connectivity index (χ1n) is 7.43. The molecule has 2 N–H and O–H groups in total. The van der Waals surface area contributed by atoms with E-state index in [0.717, 1.165) is 18.9 Å². The molecule has 0 saturated heterocycles. The highest BCUT2D eigenvalue weighted by molar-refractivity contribution is 6.30. The van der Waals surface area contributed by atoms with Gasteiger partial charge in [-0.25, -0.2) is 9.87 Å². The second-order valence-corrected chi connectivity index (χ2v) is 5.54. The van der Waals surface area contributed by atoms with Crippen molar-refractivity contribution in [1.82, 2.24) is 5.48 Å². The number of hydrogen-bond acceptors (Lipinski definition) is 3. The maximum Gasteiger partial charge on any atom is 0.271 e. The van der Waals surface area contributed by atoms with Gasteiger partial charge in [0.15, 0.2) is 0 Å². The number of carbonyl (C=O) groups excluding carboxylic acids is 2.